The summed E-state index contributed by atoms with van der Waals surface area (Å²) >= 11 is 0. The lowest BCUT2D eigenvalue weighted by atomic mass is 10.1. The van der Waals surface area contributed by atoms with Crippen LogP contribution in [-0.4, -0.2) is 31.0 Å². The molecular weight excluding hydrogens is 274 g/mol. The molecular formula is C19H27NO2. The van der Waals surface area contributed by atoms with Crippen LogP contribution in [0.25, 0.3) is 6.08 Å². The van der Waals surface area contributed by atoms with Crippen LogP contribution in [0.5, 0.6) is 5.75 Å². The van der Waals surface area contributed by atoms with Gasteiger partial charge in [-0.3, -0.25) is 4.79 Å². The number of rotatable bonds is 4. The molecule has 1 aliphatic carbocycles. The van der Waals surface area contributed by atoms with Crippen LogP contribution in [0.2, 0.25) is 0 Å². The molecule has 2 rings (SSSR count). The van der Waals surface area contributed by atoms with Gasteiger partial charge in [0.15, 0.2) is 0 Å². The van der Waals surface area contributed by atoms with E-state index in [9.17, 15) is 4.79 Å². The Labute approximate surface area is 134 Å². The minimum atomic E-state index is 0.0791. The fourth-order valence-corrected chi connectivity index (χ4v) is 3.09. The van der Waals surface area contributed by atoms with Gasteiger partial charge in [0.05, 0.1) is 7.11 Å². The van der Waals surface area contributed by atoms with Gasteiger partial charge in [0.1, 0.15) is 5.75 Å². The Morgan fingerprint density at radius 2 is 1.91 bits per heavy atom. The van der Waals surface area contributed by atoms with E-state index in [-0.39, 0.29) is 5.91 Å². The lowest BCUT2D eigenvalue weighted by Gasteiger charge is -2.26. The Morgan fingerprint density at radius 1 is 1.23 bits per heavy atom. The van der Waals surface area contributed by atoms with Crippen molar-refractivity contribution in [2.24, 2.45) is 0 Å². The molecule has 0 atom stereocenters. The molecule has 1 amide bonds. The summed E-state index contributed by atoms with van der Waals surface area (Å²) in [6.07, 6.45) is 10.9. The average Bonchev–Trinajstić information content (AvgIpc) is 2.81. The predicted octanol–water partition coefficient (Wildman–Crippen LogP) is 4.20. The Kier molecular flexibility index (Phi) is 6.05. The highest BCUT2D eigenvalue weighted by Gasteiger charge is 2.19. The maximum Gasteiger partial charge on any atom is 0.246 e. The van der Waals surface area contributed by atoms with Gasteiger partial charge in [0.25, 0.3) is 0 Å². The third-order valence-corrected chi connectivity index (χ3v) is 4.51. The number of aryl methyl sites for hydroxylation is 1. The van der Waals surface area contributed by atoms with Crippen molar-refractivity contribution in [1.82, 2.24) is 4.90 Å². The van der Waals surface area contributed by atoms with Crippen molar-refractivity contribution >= 4 is 12.0 Å². The van der Waals surface area contributed by atoms with Crippen molar-refractivity contribution in [3.63, 3.8) is 0 Å². The Morgan fingerprint density at radius 3 is 2.55 bits per heavy atom. The topological polar surface area (TPSA) is 29.5 Å². The highest BCUT2D eigenvalue weighted by molar-refractivity contribution is 5.92. The van der Waals surface area contributed by atoms with E-state index < -0.39 is 0 Å². The fourth-order valence-electron chi connectivity index (χ4n) is 3.09. The van der Waals surface area contributed by atoms with Crippen molar-refractivity contribution in [2.75, 3.05) is 14.2 Å². The van der Waals surface area contributed by atoms with Crippen molar-refractivity contribution in [1.29, 1.82) is 0 Å². The maximum atomic E-state index is 12.4. The molecule has 3 nitrogen and oxygen atoms in total. The molecule has 0 bridgehead atoms. The Hall–Kier alpha value is -1.77. The summed E-state index contributed by atoms with van der Waals surface area (Å²) in [5.74, 6) is 0.877. The molecule has 0 spiro atoms. The molecule has 0 aliphatic heterocycles. The van der Waals surface area contributed by atoms with Gasteiger partial charge in [-0.1, -0.05) is 37.3 Å². The normalized spacial score (nSPS) is 16.5. The van der Waals surface area contributed by atoms with Gasteiger partial charge in [0.2, 0.25) is 5.91 Å². The number of nitrogens with zero attached hydrogens (tertiary/aromatic N) is 1. The number of likely N-dealkylation sites (N-methyl/N-ethyl adjacent to an activating group) is 1. The third-order valence-electron chi connectivity index (χ3n) is 4.51. The smallest absolute Gasteiger partial charge is 0.246 e. The fraction of sp³-hybridized carbons (Fsp3) is 0.526. The van der Waals surface area contributed by atoms with Crippen molar-refractivity contribution in [2.45, 2.75) is 51.5 Å². The first-order chi connectivity index (χ1) is 10.6. The molecule has 1 fully saturated rings. The van der Waals surface area contributed by atoms with Crippen molar-refractivity contribution < 1.29 is 9.53 Å². The summed E-state index contributed by atoms with van der Waals surface area (Å²) in [4.78, 5) is 14.3. The molecule has 0 aromatic heterocycles. The van der Waals surface area contributed by atoms with E-state index in [2.05, 4.69) is 0 Å². The monoisotopic (exact) mass is 301 g/mol. The first-order valence-electron chi connectivity index (χ1n) is 8.21. The second kappa shape index (κ2) is 8.02. The molecule has 1 aromatic carbocycles. The van der Waals surface area contributed by atoms with Crippen LogP contribution < -0.4 is 4.74 Å². The van der Waals surface area contributed by atoms with Crippen LogP contribution in [0.3, 0.4) is 0 Å². The molecule has 120 valence electrons. The van der Waals surface area contributed by atoms with Gasteiger partial charge in [-0.2, -0.15) is 0 Å². The maximum absolute atomic E-state index is 12.4. The number of hydrogen-bond donors (Lipinski definition) is 0. The van der Waals surface area contributed by atoms with Crippen molar-refractivity contribution in [3.05, 3.63) is 35.4 Å². The van der Waals surface area contributed by atoms with Crippen molar-refractivity contribution in [3.8, 4) is 5.75 Å². The van der Waals surface area contributed by atoms with Crippen LogP contribution in [-0.2, 0) is 4.79 Å². The SMILES string of the molecule is COc1ccc(C)cc1/C=C/C(=O)N(C)C1CCCCCC1. The number of amides is 1. The highest BCUT2D eigenvalue weighted by Crippen LogP contribution is 2.23. The molecule has 1 aromatic rings. The Balaban J connectivity index is 2.05. The summed E-state index contributed by atoms with van der Waals surface area (Å²) in [6, 6.07) is 6.37. The standard InChI is InChI=1S/C19H27NO2/c1-15-10-12-18(22-3)16(14-15)11-13-19(21)20(2)17-8-6-4-5-7-9-17/h10-14,17H,4-9H2,1-3H3/b13-11+. The van der Waals surface area contributed by atoms with Gasteiger partial charge in [-0.15, -0.1) is 0 Å². The van der Waals surface area contributed by atoms with Gasteiger partial charge >= 0.3 is 0 Å². The second-order valence-corrected chi connectivity index (χ2v) is 6.17. The van der Waals surface area contributed by atoms with Gasteiger partial charge in [-0.05, 0) is 38.0 Å². The second-order valence-electron chi connectivity index (χ2n) is 6.17. The summed E-state index contributed by atoms with van der Waals surface area (Å²) in [5, 5.41) is 0. The first kappa shape index (κ1) is 16.6. The summed E-state index contributed by atoms with van der Waals surface area (Å²) < 4.78 is 5.35. The van der Waals surface area contributed by atoms with E-state index in [1.54, 1.807) is 13.2 Å². The van der Waals surface area contributed by atoms with Crippen LogP contribution in [0.4, 0.5) is 0 Å². The van der Waals surface area contributed by atoms with Crippen LogP contribution in [0.1, 0.15) is 49.7 Å². The predicted molar refractivity (Wildman–Crippen MR) is 91.0 cm³/mol. The number of benzene rings is 1. The van der Waals surface area contributed by atoms with E-state index in [4.69, 9.17) is 4.74 Å². The quantitative estimate of drug-likeness (QED) is 0.616. The van der Waals surface area contributed by atoms with Gasteiger partial charge < -0.3 is 9.64 Å². The summed E-state index contributed by atoms with van der Waals surface area (Å²) in [5.41, 5.74) is 2.11. The minimum Gasteiger partial charge on any atom is -0.496 e. The van der Waals surface area contributed by atoms with E-state index in [1.807, 2.05) is 43.1 Å². The number of hydrogen-bond acceptors (Lipinski definition) is 2. The van der Waals surface area contributed by atoms with Crippen LogP contribution >= 0.6 is 0 Å². The molecule has 0 N–H and O–H groups in total. The average molecular weight is 301 g/mol. The highest BCUT2D eigenvalue weighted by atomic mass is 16.5. The molecule has 22 heavy (non-hydrogen) atoms. The largest absolute Gasteiger partial charge is 0.496 e. The van der Waals surface area contributed by atoms with E-state index >= 15 is 0 Å². The summed E-state index contributed by atoms with van der Waals surface area (Å²) in [7, 11) is 3.58. The lowest BCUT2D eigenvalue weighted by molar-refractivity contribution is -0.126. The molecule has 0 radical (unpaired) electrons. The van der Waals surface area contributed by atoms with E-state index in [1.165, 1.54) is 25.7 Å². The lowest BCUT2D eigenvalue weighted by Crippen LogP contribution is -2.35. The summed E-state index contributed by atoms with van der Waals surface area (Å²) in [6.45, 7) is 2.04. The number of ether oxygens (including phenoxy) is 1. The van der Waals surface area contributed by atoms with E-state index in [0.29, 0.717) is 6.04 Å². The molecule has 3 heteroatoms. The van der Waals surface area contributed by atoms with Crippen LogP contribution in [0.15, 0.2) is 24.3 Å². The van der Waals surface area contributed by atoms with Gasteiger partial charge in [0, 0.05) is 24.7 Å². The molecule has 0 saturated heterocycles. The zero-order valence-electron chi connectivity index (χ0n) is 14.0. The van der Waals surface area contributed by atoms with Gasteiger partial charge in [-0.25, -0.2) is 0 Å². The Bertz CT molecular complexity index is 528. The minimum absolute atomic E-state index is 0.0791. The number of methoxy groups -OCH3 is 1. The zero-order chi connectivity index (χ0) is 15.9. The third kappa shape index (κ3) is 4.36. The molecule has 1 saturated carbocycles. The zero-order valence-corrected chi connectivity index (χ0v) is 14.0. The van der Waals surface area contributed by atoms with E-state index in [0.717, 1.165) is 29.7 Å². The molecule has 0 heterocycles. The number of carbonyl (C=O) groups is 1. The van der Waals surface area contributed by atoms with Crippen LogP contribution in [0, 0.1) is 6.92 Å². The molecule has 0 unspecified atom stereocenters. The first-order valence-corrected chi connectivity index (χ1v) is 8.21. The number of carbonyl (C=O) groups excluding carboxylic acids is 1. The molecule has 1 aliphatic rings.